The third-order valence-corrected chi connectivity index (χ3v) is 18.1. The van der Waals surface area contributed by atoms with Gasteiger partial charge in [0, 0.05) is 12.5 Å². The van der Waals surface area contributed by atoms with Crippen molar-refractivity contribution < 1.29 is 25.8 Å². The van der Waals surface area contributed by atoms with Gasteiger partial charge in [-0.15, -0.1) is 0 Å². The van der Waals surface area contributed by atoms with Crippen molar-refractivity contribution >= 4 is 20.1 Å². The van der Waals surface area contributed by atoms with E-state index in [1.165, 1.54) is 5.57 Å². The van der Waals surface area contributed by atoms with Crippen molar-refractivity contribution in [2.24, 2.45) is 46.3 Å². The van der Waals surface area contributed by atoms with E-state index >= 15 is 0 Å². The Morgan fingerprint density at radius 3 is 2.16 bits per heavy atom. The second-order valence-corrected chi connectivity index (χ2v) is 21.0. The summed E-state index contributed by atoms with van der Waals surface area (Å²) in [7, 11) is -7.56. The fraction of sp³-hybridized carbons (Fsp3) is 0.659. The lowest BCUT2D eigenvalue weighted by Crippen LogP contribution is -2.60. The number of piperidine rings is 1. The zero-order valence-electron chi connectivity index (χ0n) is 30.6. The Kier molecular flexibility index (Phi) is 8.40. The van der Waals surface area contributed by atoms with Gasteiger partial charge in [0.1, 0.15) is 5.72 Å². The fourth-order valence-corrected chi connectivity index (χ4v) is 15.2. The van der Waals surface area contributed by atoms with E-state index in [0.717, 1.165) is 62.5 Å². The normalized spacial score (nSPS) is 41.6. The van der Waals surface area contributed by atoms with Crippen molar-refractivity contribution in [3.8, 4) is 0 Å². The average molecular weight is 722 g/mol. The molecule has 11 atom stereocenters. The summed E-state index contributed by atoms with van der Waals surface area (Å²) < 4.78 is 70.0. The van der Waals surface area contributed by atoms with Crippen molar-refractivity contribution in [3.05, 3.63) is 71.3 Å². The maximum atomic E-state index is 14.4. The molecule has 0 amide bonds. The van der Waals surface area contributed by atoms with Crippen molar-refractivity contribution in [3.63, 3.8) is 0 Å². The van der Waals surface area contributed by atoms with E-state index < -0.39 is 25.9 Å². The monoisotopic (exact) mass is 721 g/mol. The van der Waals surface area contributed by atoms with Gasteiger partial charge in [-0.25, -0.2) is 8.42 Å². The molecule has 50 heavy (non-hydrogen) atoms. The van der Waals surface area contributed by atoms with Crippen LogP contribution in [0.5, 0.6) is 0 Å². The summed E-state index contributed by atoms with van der Waals surface area (Å²) in [5.41, 5.74) is 2.77. The minimum atomic E-state index is -3.82. The summed E-state index contributed by atoms with van der Waals surface area (Å²) in [5.74, 6) is 2.31. The summed E-state index contributed by atoms with van der Waals surface area (Å²) in [6.45, 7) is 13.8. The quantitative estimate of drug-likeness (QED) is 0.228. The maximum absolute atomic E-state index is 14.4. The molecule has 1 spiro atoms. The molecule has 0 radical (unpaired) electrons. The number of aryl methyl sites for hydroxylation is 2. The van der Waals surface area contributed by atoms with Crippen LogP contribution in [0.4, 0.5) is 0 Å². The number of hydrogen-bond donors (Lipinski definition) is 0. The molecule has 6 aliphatic rings. The first kappa shape index (κ1) is 35.0. The molecule has 2 aromatic carbocycles. The lowest BCUT2D eigenvalue weighted by Gasteiger charge is -2.59. The predicted octanol–water partition coefficient (Wildman–Crippen LogP) is 8.42. The molecule has 7 nitrogen and oxygen atoms in total. The van der Waals surface area contributed by atoms with Crippen LogP contribution in [0.1, 0.15) is 96.6 Å². The van der Waals surface area contributed by atoms with Crippen molar-refractivity contribution in [1.82, 2.24) is 4.31 Å². The summed E-state index contributed by atoms with van der Waals surface area (Å²) in [6, 6.07) is 14.2. The molecule has 2 heterocycles. The summed E-state index contributed by atoms with van der Waals surface area (Å²) in [6.07, 6.45) is 10.5. The molecule has 0 aromatic heterocycles. The number of allylic oxidation sites excluding steroid dienone is 1. The SMILES string of the molecule is Cc1ccc(S(=O)(=O)O[C@@H]2CC[C@@]3(C)C(=CC[C@@H]4[C@@H]5C[C@@H]6O[C@]7(CC[C@H](C)CN7S(=O)(=O)c7ccc(C)cc7)[C@@H](C)[C@@H]6[C@@]5(C)CC[C@@H]43)C2)cc1. The topological polar surface area (TPSA) is 90.0 Å². The van der Waals surface area contributed by atoms with E-state index in [9.17, 15) is 16.8 Å². The highest BCUT2D eigenvalue weighted by Crippen LogP contribution is 2.71. The van der Waals surface area contributed by atoms with Gasteiger partial charge in [0.05, 0.1) is 22.0 Å². The molecule has 3 saturated carbocycles. The first-order valence-electron chi connectivity index (χ1n) is 19.1. The first-order valence-corrected chi connectivity index (χ1v) is 21.9. The van der Waals surface area contributed by atoms with E-state index in [4.69, 9.17) is 8.92 Å². The van der Waals surface area contributed by atoms with Crippen LogP contribution in [0.2, 0.25) is 0 Å². The van der Waals surface area contributed by atoms with Crippen LogP contribution in [0.15, 0.2) is 70.0 Å². The third-order valence-electron chi connectivity index (χ3n) is 14.8. The largest absolute Gasteiger partial charge is 0.356 e. The van der Waals surface area contributed by atoms with Gasteiger partial charge in [-0.2, -0.15) is 12.7 Å². The van der Waals surface area contributed by atoms with E-state index in [0.29, 0.717) is 41.5 Å². The van der Waals surface area contributed by atoms with Gasteiger partial charge in [-0.1, -0.05) is 74.7 Å². The molecule has 2 saturated heterocycles. The Hall–Kier alpha value is -2.04. The molecule has 2 aliphatic heterocycles. The van der Waals surface area contributed by atoms with Gasteiger partial charge in [0.25, 0.3) is 10.1 Å². The van der Waals surface area contributed by atoms with Crippen LogP contribution in [-0.2, 0) is 29.1 Å². The number of hydrogen-bond acceptors (Lipinski definition) is 6. The molecule has 8 rings (SSSR count). The molecular weight excluding hydrogens is 667 g/mol. The lowest BCUT2D eigenvalue weighted by molar-refractivity contribution is -0.161. The molecule has 5 fully saturated rings. The molecule has 0 bridgehead atoms. The highest BCUT2D eigenvalue weighted by molar-refractivity contribution is 7.89. The fourth-order valence-electron chi connectivity index (χ4n) is 12.2. The summed E-state index contributed by atoms with van der Waals surface area (Å²) >= 11 is 0. The van der Waals surface area contributed by atoms with Crippen LogP contribution in [0, 0.1) is 60.2 Å². The molecule has 272 valence electrons. The minimum Gasteiger partial charge on any atom is -0.356 e. The standard InChI is InChI=1S/C41H55NO6S2/c1-26-7-12-32(13-8-26)49(43,44)42-25-28(3)17-22-41(42)29(4)38-37(47-41)24-36-34-16-11-30-23-31(48-50(45,46)33-14-9-27(2)10-15-33)18-20-39(30,5)35(34)19-21-40(36,38)6/h7-15,28-29,31,34-38H,16-25H2,1-6H3/t28-,29-,31+,34-,35-,36-,37-,38-,39-,40-,41+/m0/s1. The van der Waals surface area contributed by atoms with Gasteiger partial charge in [-0.3, -0.25) is 4.18 Å². The zero-order valence-corrected chi connectivity index (χ0v) is 32.2. The van der Waals surface area contributed by atoms with Gasteiger partial charge in [0.15, 0.2) is 0 Å². The smallest absolute Gasteiger partial charge is 0.297 e. The number of benzene rings is 2. The highest BCUT2D eigenvalue weighted by atomic mass is 32.2. The molecule has 0 unspecified atom stereocenters. The van der Waals surface area contributed by atoms with Gasteiger partial charge < -0.3 is 4.74 Å². The van der Waals surface area contributed by atoms with Crippen molar-refractivity contribution in [2.75, 3.05) is 6.54 Å². The van der Waals surface area contributed by atoms with Crippen LogP contribution >= 0.6 is 0 Å². The molecule has 9 heteroatoms. The van der Waals surface area contributed by atoms with Crippen LogP contribution in [0.25, 0.3) is 0 Å². The Morgan fingerprint density at radius 1 is 0.820 bits per heavy atom. The van der Waals surface area contributed by atoms with Gasteiger partial charge in [0.2, 0.25) is 10.0 Å². The van der Waals surface area contributed by atoms with Crippen molar-refractivity contribution in [1.29, 1.82) is 0 Å². The Balaban J connectivity index is 1.03. The van der Waals surface area contributed by atoms with E-state index in [1.807, 2.05) is 38.1 Å². The van der Waals surface area contributed by atoms with E-state index in [1.54, 1.807) is 28.6 Å². The summed E-state index contributed by atoms with van der Waals surface area (Å²) in [4.78, 5) is 0.587. The minimum absolute atomic E-state index is 0.0432. The Morgan fingerprint density at radius 2 is 1.48 bits per heavy atom. The van der Waals surface area contributed by atoms with Gasteiger partial charge in [-0.05, 0) is 136 Å². The van der Waals surface area contributed by atoms with E-state index in [-0.39, 0.29) is 39.8 Å². The Bertz CT molecular complexity index is 1890. The lowest BCUT2D eigenvalue weighted by atomic mass is 9.47. The van der Waals surface area contributed by atoms with E-state index in [2.05, 4.69) is 33.8 Å². The molecular formula is C41H55NO6S2. The number of sulfonamides is 1. The Labute approximate surface area is 300 Å². The predicted molar refractivity (Wildman–Crippen MR) is 194 cm³/mol. The average Bonchev–Trinajstić information content (AvgIpc) is 3.52. The second-order valence-electron chi connectivity index (χ2n) is 17.6. The number of fused-ring (bicyclic) bond motifs is 7. The number of rotatable bonds is 5. The second kappa shape index (κ2) is 12.0. The number of nitrogens with zero attached hydrogens (tertiary/aromatic N) is 1. The van der Waals surface area contributed by atoms with Crippen LogP contribution in [-0.4, -0.2) is 45.6 Å². The third kappa shape index (κ3) is 5.26. The maximum Gasteiger partial charge on any atom is 0.297 e. The zero-order chi connectivity index (χ0) is 35.4. The highest BCUT2D eigenvalue weighted by Gasteiger charge is 2.70. The van der Waals surface area contributed by atoms with Crippen molar-refractivity contribution in [2.45, 2.75) is 127 Å². The van der Waals surface area contributed by atoms with Crippen LogP contribution in [0.3, 0.4) is 0 Å². The van der Waals surface area contributed by atoms with Gasteiger partial charge >= 0.3 is 0 Å². The molecule has 2 aromatic rings. The summed E-state index contributed by atoms with van der Waals surface area (Å²) in [5, 5.41) is 0. The molecule has 4 aliphatic carbocycles. The molecule has 0 N–H and O–H groups in total. The number of ether oxygens (including phenoxy) is 1. The van der Waals surface area contributed by atoms with Crippen LogP contribution < -0.4 is 0 Å². The first-order chi connectivity index (χ1) is 23.6.